The maximum absolute atomic E-state index is 9.65. The van der Waals surface area contributed by atoms with Crippen molar-refractivity contribution in [2.24, 2.45) is 0 Å². The third kappa shape index (κ3) is 2.00. The van der Waals surface area contributed by atoms with E-state index in [0.717, 1.165) is 11.1 Å². The van der Waals surface area contributed by atoms with Crippen LogP contribution in [0.5, 0.6) is 11.5 Å². The predicted octanol–water partition coefficient (Wildman–Crippen LogP) is 1.95. The van der Waals surface area contributed by atoms with Crippen LogP contribution in [0.4, 0.5) is 0 Å². The summed E-state index contributed by atoms with van der Waals surface area (Å²) < 4.78 is 5.51. The Balaban J connectivity index is 3.26. The van der Waals surface area contributed by atoms with Crippen molar-refractivity contribution in [2.45, 2.75) is 13.5 Å². The quantitative estimate of drug-likeness (QED) is 0.728. The SMILES string of the molecule is COc1cc(C)c(CNO)c(Br)c1O. The van der Waals surface area contributed by atoms with Gasteiger partial charge in [0.25, 0.3) is 0 Å². The van der Waals surface area contributed by atoms with E-state index in [1.165, 1.54) is 7.11 Å². The van der Waals surface area contributed by atoms with E-state index >= 15 is 0 Å². The molecule has 3 N–H and O–H groups in total. The zero-order valence-electron chi connectivity index (χ0n) is 7.97. The van der Waals surface area contributed by atoms with E-state index in [1.807, 2.05) is 12.4 Å². The van der Waals surface area contributed by atoms with Gasteiger partial charge in [0.2, 0.25) is 0 Å². The first-order chi connectivity index (χ1) is 6.61. The van der Waals surface area contributed by atoms with Crippen molar-refractivity contribution in [3.8, 4) is 11.5 Å². The van der Waals surface area contributed by atoms with E-state index < -0.39 is 0 Å². The minimum Gasteiger partial charge on any atom is -0.503 e. The van der Waals surface area contributed by atoms with Gasteiger partial charge in [-0.2, -0.15) is 0 Å². The van der Waals surface area contributed by atoms with Gasteiger partial charge in [0.15, 0.2) is 11.5 Å². The summed E-state index contributed by atoms with van der Waals surface area (Å²) in [6, 6.07) is 1.72. The van der Waals surface area contributed by atoms with Gasteiger partial charge in [-0.05, 0) is 40.0 Å². The number of ether oxygens (including phenoxy) is 1. The number of rotatable bonds is 3. The monoisotopic (exact) mass is 261 g/mol. The van der Waals surface area contributed by atoms with Gasteiger partial charge in [-0.3, -0.25) is 0 Å². The van der Waals surface area contributed by atoms with Crippen molar-refractivity contribution in [1.82, 2.24) is 5.48 Å². The summed E-state index contributed by atoms with van der Waals surface area (Å²) in [6.07, 6.45) is 0. The third-order valence-electron chi connectivity index (χ3n) is 2.01. The van der Waals surface area contributed by atoms with Gasteiger partial charge in [-0.1, -0.05) is 0 Å². The maximum Gasteiger partial charge on any atom is 0.172 e. The lowest BCUT2D eigenvalue weighted by atomic mass is 10.1. The molecule has 0 heterocycles. The fourth-order valence-corrected chi connectivity index (χ4v) is 1.88. The van der Waals surface area contributed by atoms with Crippen LogP contribution in [0.15, 0.2) is 10.5 Å². The molecule has 0 aromatic heterocycles. The molecule has 78 valence electrons. The molecule has 14 heavy (non-hydrogen) atoms. The summed E-state index contributed by atoms with van der Waals surface area (Å²) in [5.41, 5.74) is 3.77. The molecular formula is C9H12BrNO3. The lowest BCUT2D eigenvalue weighted by molar-refractivity contribution is 0.160. The number of benzene rings is 1. The summed E-state index contributed by atoms with van der Waals surface area (Å²) in [5, 5.41) is 18.3. The Kier molecular flexibility index (Phi) is 3.74. The predicted molar refractivity (Wildman–Crippen MR) is 55.7 cm³/mol. The Morgan fingerprint density at radius 2 is 2.21 bits per heavy atom. The molecule has 0 radical (unpaired) electrons. The third-order valence-corrected chi connectivity index (χ3v) is 2.86. The summed E-state index contributed by atoms with van der Waals surface area (Å²) in [4.78, 5) is 0. The first-order valence-electron chi connectivity index (χ1n) is 4.03. The summed E-state index contributed by atoms with van der Waals surface area (Å²) in [6.45, 7) is 2.14. The number of hydroxylamine groups is 1. The smallest absolute Gasteiger partial charge is 0.172 e. The van der Waals surface area contributed by atoms with Crippen LogP contribution in [0, 0.1) is 6.92 Å². The van der Waals surface area contributed by atoms with Crippen LogP contribution < -0.4 is 10.2 Å². The summed E-state index contributed by atoms with van der Waals surface area (Å²) in [5.74, 6) is 0.458. The van der Waals surface area contributed by atoms with E-state index in [-0.39, 0.29) is 12.3 Å². The average Bonchev–Trinajstić information content (AvgIpc) is 2.18. The number of aromatic hydroxyl groups is 1. The molecule has 1 aromatic carbocycles. The zero-order chi connectivity index (χ0) is 10.7. The van der Waals surface area contributed by atoms with Crippen molar-refractivity contribution in [3.05, 3.63) is 21.7 Å². The maximum atomic E-state index is 9.65. The molecule has 0 amide bonds. The Morgan fingerprint density at radius 1 is 1.57 bits per heavy atom. The van der Waals surface area contributed by atoms with Crippen molar-refractivity contribution in [2.75, 3.05) is 7.11 Å². The topological polar surface area (TPSA) is 61.7 Å². The Bertz CT molecular complexity index is 341. The number of hydrogen-bond acceptors (Lipinski definition) is 4. The van der Waals surface area contributed by atoms with Gasteiger partial charge in [0.05, 0.1) is 11.6 Å². The highest BCUT2D eigenvalue weighted by molar-refractivity contribution is 9.10. The van der Waals surface area contributed by atoms with Gasteiger partial charge in [0.1, 0.15) is 0 Å². The fraction of sp³-hybridized carbons (Fsp3) is 0.333. The molecule has 0 atom stereocenters. The van der Waals surface area contributed by atoms with Crippen molar-refractivity contribution >= 4 is 15.9 Å². The minimum absolute atomic E-state index is 0.0448. The normalized spacial score (nSPS) is 10.3. The van der Waals surface area contributed by atoms with Gasteiger partial charge >= 0.3 is 0 Å². The van der Waals surface area contributed by atoms with Crippen LogP contribution in [0.25, 0.3) is 0 Å². The van der Waals surface area contributed by atoms with Crippen LogP contribution in [0.3, 0.4) is 0 Å². The van der Waals surface area contributed by atoms with E-state index in [4.69, 9.17) is 9.94 Å². The van der Waals surface area contributed by atoms with Crippen LogP contribution in [0.1, 0.15) is 11.1 Å². The lowest BCUT2D eigenvalue weighted by Crippen LogP contribution is -2.08. The van der Waals surface area contributed by atoms with Crippen LogP contribution in [-0.4, -0.2) is 17.4 Å². The summed E-state index contributed by atoms with van der Waals surface area (Å²) >= 11 is 3.24. The molecule has 0 spiro atoms. The molecule has 0 aliphatic heterocycles. The largest absolute Gasteiger partial charge is 0.503 e. The molecule has 0 bridgehead atoms. The molecule has 0 saturated carbocycles. The molecule has 0 saturated heterocycles. The highest BCUT2D eigenvalue weighted by atomic mass is 79.9. The van der Waals surface area contributed by atoms with Gasteiger partial charge in [-0.15, -0.1) is 0 Å². The van der Waals surface area contributed by atoms with Crippen molar-refractivity contribution in [3.63, 3.8) is 0 Å². The fourth-order valence-electron chi connectivity index (χ4n) is 1.23. The molecule has 5 heteroatoms. The Morgan fingerprint density at radius 3 is 2.71 bits per heavy atom. The second-order valence-corrected chi connectivity index (χ2v) is 3.66. The minimum atomic E-state index is 0.0448. The van der Waals surface area contributed by atoms with Gasteiger partial charge < -0.3 is 15.1 Å². The lowest BCUT2D eigenvalue weighted by Gasteiger charge is -2.12. The molecule has 4 nitrogen and oxygen atoms in total. The number of aryl methyl sites for hydroxylation is 1. The molecular weight excluding hydrogens is 250 g/mol. The zero-order valence-corrected chi connectivity index (χ0v) is 9.55. The molecule has 0 aliphatic carbocycles. The highest BCUT2D eigenvalue weighted by Gasteiger charge is 2.13. The van der Waals surface area contributed by atoms with Crippen LogP contribution in [-0.2, 0) is 6.54 Å². The Labute approximate surface area is 90.6 Å². The van der Waals surface area contributed by atoms with Gasteiger partial charge in [-0.25, -0.2) is 5.48 Å². The van der Waals surface area contributed by atoms with Crippen molar-refractivity contribution < 1.29 is 15.1 Å². The van der Waals surface area contributed by atoms with E-state index in [2.05, 4.69) is 15.9 Å². The molecule has 0 unspecified atom stereocenters. The second kappa shape index (κ2) is 4.63. The Hall–Kier alpha value is -0.780. The number of phenolic OH excluding ortho intramolecular Hbond substituents is 1. The van der Waals surface area contributed by atoms with Crippen LogP contribution in [0.2, 0.25) is 0 Å². The first kappa shape index (κ1) is 11.3. The summed E-state index contributed by atoms with van der Waals surface area (Å²) in [7, 11) is 1.49. The number of nitrogens with one attached hydrogen (secondary N) is 1. The molecule has 1 rings (SSSR count). The highest BCUT2D eigenvalue weighted by Crippen LogP contribution is 2.38. The molecule has 1 aromatic rings. The van der Waals surface area contributed by atoms with E-state index in [1.54, 1.807) is 6.07 Å². The number of methoxy groups -OCH3 is 1. The average molecular weight is 262 g/mol. The first-order valence-corrected chi connectivity index (χ1v) is 4.83. The van der Waals surface area contributed by atoms with E-state index in [0.29, 0.717) is 10.2 Å². The number of halogens is 1. The number of phenols is 1. The van der Waals surface area contributed by atoms with Gasteiger partial charge in [0, 0.05) is 6.54 Å². The molecule has 0 aliphatic rings. The molecule has 0 fully saturated rings. The van der Waals surface area contributed by atoms with Crippen molar-refractivity contribution in [1.29, 1.82) is 0 Å². The van der Waals surface area contributed by atoms with E-state index in [9.17, 15) is 5.11 Å². The van der Waals surface area contributed by atoms with Crippen LogP contribution >= 0.6 is 15.9 Å². The standard InChI is InChI=1S/C9H12BrNO3/c1-5-3-7(14-2)9(12)8(10)6(5)4-11-13/h3,11-13H,4H2,1-2H3. The second-order valence-electron chi connectivity index (χ2n) is 2.87. The number of hydrogen-bond donors (Lipinski definition) is 3.